The maximum Gasteiger partial charge on any atom is 0.389 e. The minimum absolute atomic E-state index is 0.123. The lowest BCUT2D eigenvalue weighted by molar-refractivity contribution is -0.195. The van der Waals surface area contributed by atoms with Crippen LogP contribution in [0.3, 0.4) is 0 Å². The topological polar surface area (TPSA) is 20.2 Å². The van der Waals surface area contributed by atoms with Gasteiger partial charge in [-0.2, -0.15) is 13.2 Å². The molecule has 3 atom stereocenters. The van der Waals surface area contributed by atoms with Gasteiger partial charge in [-0.25, -0.2) is 0 Å². The first-order chi connectivity index (χ1) is 9.03. The summed E-state index contributed by atoms with van der Waals surface area (Å²) < 4.78 is 37.3. The Balaban J connectivity index is 1.78. The number of hydrogen-bond acceptors (Lipinski definition) is 1. The van der Waals surface area contributed by atoms with Gasteiger partial charge in [0.25, 0.3) is 0 Å². The molecule has 3 unspecified atom stereocenters. The molecule has 0 radical (unpaired) electrons. The molecule has 0 aliphatic heterocycles. The molecule has 4 aliphatic rings. The van der Waals surface area contributed by atoms with Gasteiger partial charge in [-0.05, 0) is 67.1 Å². The van der Waals surface area contributed by atoms with Gasteiger partial charge in [-0.3, -0.25) is 0 Å². The van der Waals surface area contributed by atoms with Crippen LogP contribution in [0.5, 0.6) is 0 Å². The van der Waals surface area contributed by atoms with E-state index >= 15 is 0 Å². The Kier molecular flexibility index (Phi) is 3.04. The molecular formula is C16H25F3O. The highest BCUT2D eigenvalue weighted by atomic mass is 19.4. The standard InChI is InChI=1S/C16H25F3O/c1-13-5-11-6-14(2,8-13)10-15(7-11,9-13)12(20)3-4-16(17,18)19/h11-12,20H,3-10H2,1-2H3. The lowest BCUT2D eigenvalue weighted by Crippen LogP contribution is -2.58. The Morgan fingerprint density at radius 2 is 1.60 bits per heavy atom. The van der Waals surface area contributed by atoms with Gasteiger partial charge in [0, 0.05) is 6.42 Å². The maximum atomic E-state index is 12.4. The second-order valence-corrected chi connectivity index (χ2v) is 8.66. The molecule has 4 bridgehead atoms. The van der Waals surface area contributed by atoms with Crippen LogP contribution in [0.15, 0.2) is 0 Å². The van der Waals surface area contributed by atoms with Crippen LogP contribution in [-0.4, -0.2) is 17.4 Å². The Bertz CT molecular complexity index is 385. The lowest BCUT2D eigenvalue weighted by Gasteiger charge is -2.66. The second-order valence-electron chi connectivity index (χ2n) is 8.66. The van der Waals surface area contributed by atoms with Crippen molar-refractivity contribution in [2.75, 3.05) is 0 Å². The van der Waals surface area contributed by atoms with E-state index in [2.05, 4.69) is 13.8 Å². The molecule has 0 saturated heterocycles. The quantitative estimate of drug-likeness (QED) is 0.799. The maximum absolute atomic E-state index is 12.4. The van der Waals surface area contributed by atoms with Crippen LogP contribution in [-0.2, 0) is 0 Å². The molecule has 4 saturated carbocycles. The summed E-state index contributed by atoms with van der Waals surface area (Å²) >= 11 is 0. The summed E-state index contributed by atoms with van der Waals surface area (Å²) in [6.07, 6.45) is 0.462. The zero-order chi connectivity index (χ0) is 14.8. The number of rotatable bonds is 3. The van der Waals surface area contributed by atoms with Crippen molar-refractivity contribution in [3.05, 3.63) is 0 Å². The largest absolute Gasteiger partial charge is 0.393 e. The van der Waals surface area contributed by atoms with Crippen LogP contribution < -0.4 is 0 Å². The van der Waals surface area contributed by atoms with E-state index in [4.69, 9.17) is 0 Å². The van der Waals surface area contributed by atoms with Gasteiger partial charge in [-0.1, -0.05) is 13.8 Å². The van der Waals surface area contributed by atoms with Gasteiger partial charge in [0.05, 0.1) is 6.10 Å². The molecular weight excluding hydrogens is 265 g/mol. The third kappa shape index (κ3) is 2.49. The highest BCUT2D eigenvalue weighted by molar-refractivity contribution is 5.12. The fourth-order valence-electron chi connectivity index (χ4n) is 6.51. The van der Waals surface area contributed by atoms with Gasteiger partial charge in [0.15, 0.2) is 0 Å². The van der Waals surface area contributed by atoms with Crippen molar-refractivity contribution in [2.45, 2.75) is 77.5 Å². The number of aliphatic hydroxyl groups is 1. The van der Waals surface area contributed by atoms with Crippen molar-refractivity contribution in [1.82, 2.24) is 0 Å². The number of alkyl halides is 3. The Morgan fingerprint density at radius 1 is 1.05 bits per heavy atom. The van der Waals surface area contributed by atoms with Crippen LogP contribution in [0.25, 0.3) is 0 Å². The van der Waals surface area contributed by atoms with Crippen molar-refractivity contribution in [1.29, 1.82) is 0 Å². The Hall–Kier alpha value is -0.250. The first-order valence-corrected chi connectivity index (χ1v) is 7.78. The molecule has 20 heavy (non-hydrogen) atoms. The average molecular weight is 290 g/mol. The first-order valence-electron chi connectivity index (χ1n) is 7.78. The normalized spacial score (nSPS) is 48.6. The smallest absolute Gasteiger partial charge is 0.389 e. The third-order valence-corrected chi connectivity index (χ3v) is 6.08. The summed E-state index contributed by atoms with van der Waals surface area (Å²) in [5.74, 6) is 0.613. The molecule has 1 N–H and O–H groups in total. The second kappa shape index (κ2) is 4.15. The molecule has 0 heterocycles. The molecule has 4 heteroatoms. The molecule has 1 nitrogen and oxygen atoms in total. The van der Waals surface area contributed by atoms with E-state index in [-0.39, 0.29) is 22.7 Å². The minimum Gasteiger partial charge on any atom is -0.393 e. The van der Waals surface area contributed by atoms with Crippen molar-refractivity contribution < 1.29 is 18.3 Å². The summed E-state index contributed by atoms with van der Waals surface area (Å²) in [4.78, 5) is 0. The van der Waals surface area contributed by atoms with Crippen molar-refractivity contribution in [2.24, 2.45) is 22.2 Å². The van der Waals surface area contributed by atoms with Gasteiger partial charge in [-0.15, -0.1) is 0 Å². The van der Waals surface area contributed by atoms with Crippen LogP contribution in [0.4, 0.5) is 13.2 Å². The van der Waals surface area contributed by atoms with E-state index in [1.807, 2.05) is 0 Å². The predicted molar refractivity (Wildman–Crippen MR) is 71.1 cm³/mol. The van der Waals surface area contributed by atoms with Crippen LogP contribution in [0, 0.1) is 22.2 Å². The van der Waals surface area contributed by atoms with E-state index in [9.17, 15) is 18.3 Å². The summed E-state index contributed by atoms with van der Waals surface area (Å²) in [6.45, 7) is 4.56. The molecule has 4 rings (SSSR count). The average Bonchev–Trinajstić information content (AvgIpc) is 2.19. The van der Waals surface area contributed by atoms with Crippen molar-refractivity contribution in [3.63, 3.8) is 0 Å². The Labute approximate surface area is 118 Å². The summed E-state index contributed by atoms with van der Waals surface area (Å²) in [5, 5.41) is 10.5. The van der Waals surface area contributed by atoms with Crippen LogP contribution in [0.2, 0.25) is 0 Å². The zero-order valence-electron chi connectivity index (χ0n) is 12.4. The molecule has 4 aliphatic carbocycles. The summed E-state index contributed by atoms with van der Waals surface area (Å²) in [5.41, 5.74) is 0.245. The highest BCUT2D eigenvalue weighted by Gasteiger charge is 2.62. The lowest BCUT2D eigenvalue weighted by atomic mass is 9.39. The molecule has 0 aromatic rings. The number of hydrogen-bond donors (Lipinski definition) is 1. The monoisotopic (exact) mass is 290 g/mol. The fourth-order valence-corrected chi connectivity index (χ4v) is 6.51. The molecule has 0 amide bonds. The predicted octanol–water partition coefficient (Wildman–Crippen LogP) is 4.69. The molecule has 116 valence electrons. The van der Waals surface area contributed by atoms with Crippen LogP contribution >= 0.6 is 0 Å². The van der Waals surface area contributed by atoms with E-state index in [0.717, 1.165) is 19.3 Å². The summed E-state index contributed by atoms with van der Waals surface area (Å²) in [7, 11) is 0. The van der Waals surface area contributed by atoms with E-state index in [1.54, 1.807) is 0 Å². The highest BCUT2D eigenvalue weighted by Crippen LogP contribution is 2.70. The summed E-state index contributed by atoms with van der Waals surface area (Å²) in [6, 6.07) is 0. The van der Waals surface area contributed by atoms with Crippen LogP contribution in [0.1, 0.15) is 65.2 Å². The first kappa shape index (κ1) is 14.7. The Morgan fingerprint density at radius 3 is 2.05 bits per heavy atom. The van der Waals surface area contributed by atoms with E-state index in [0.29, 0.717) is 5.92 Å². The number of halogens is 3. The fraction of sp³-hybridized carbons (Fsp3) is 1.00. The van der Waals surface area contributed by atoms with E-state index < -0.39 is 18.7 Å². The SMILES string of the molecule is CC12CC3CC(C)(C1)CC(C(O)CCC(F)(F)F)(C3)C2. The van der Waals surface area contributed by atoms with Gasteiger partial charge in [0.1, 0.15) is 0 Å². The minimum atomic E-state index is -4.16. The molecule has 0 aromatic carbocycles. The number of aliphatic hydroxyl groups excluding tert-OH is 1. The van der Waals surface area contributed by atoms with Gasteiger partial charge >= 0.3 is 6.18 Å². The van der Waals surface area contributed by atoms with Gasteiger partial charge < -0.3 is 5.11 Å². The molecule has 4 fully saturated rings. The zero-order valence-corrected chi connectivity index (χ0v) is 12.4. The van der Waals surface area contributed by atoms with Crippen molar-refractivity contribution in [3.8, 4) is 0 Å². The van der Waals surface area contributed by atoms with E-state index in [1.165, 1.54) is 19.3 Å². The molecule has 0 aromatic heterocycles. The molecule has 0 spiro atoms. The van der Waals surface area contributed by atoms with Crippen molar-refractivity contribution >= 4 is 0 Å². The third-order valence-electron chi connectivity index (χ3n) is 6.08. The van der Waals surface area contributed by atoms with Gasteiger partial charge in [0.2, 0.25) is 0 Å².